The minimum Gasteiger partial charge on any atom is -0.398 e. The predicted molar refractivity (Wildman–Crippen MR) is 128 cm³/mol. The van der Waals surface area contributed by atoms with Crippen molar-refractivity contribution in [2.45, 2.75) is 12.0 Å². The van der Waals surface area contributed by atoms with Crippen LogP contribution < -0.4 is 22.9 Å². The number of hydrogen-bond donors (Lipinski definition) is 4. The van der Waals surface area contributed by atoms with E-state index in [1.54, 1.807) is 0 Å². The molecule has 1 aliphatic carbocycles. The molecule has 0 fully saturated rings. The van der Waals surface area contributed by atoms with Gasteiger partial charge in [-0.15, -0.1) is 0 Å². The molecule has 2 unspecified atom stereocenters. The molecular formula is C26H24N4. The first-order valence-corrected chi connectivity index (χ1v) is 10.0. The minimum atomic E-state index is -0.171. The lowest BCUT2D eigenvalue weighted by molar-refractivity contribution is 0.695. The van der Waals surface area contributed by atoms with Crippen LogP contribution in [0.5, 0.6) is 0 Å². The molecule has 5 rings (SSSR count). The molecule has 148 valence electrons. The fraction of sp³-hybridized carbons (Fsp3) is 0.0769. The second-order valence-electron chi connectivity index (χ2n) is 7.86. The second kappa shape index (κ2) is 6.94. The third-order valence-electron chi connectivity index (χ3n) is 6.03. The number of rotatable bonds is 2. The van der Waals surface area contributed by atoms with Crippen LogP contribution in [-0.4, -0.2) is 6.04 Å². The standard InChI is InChI=1S/C26H24N4/c27-21-11-9-15-5-1-3-7-17(15)25(21)19-13-24(30)20(14-23(19)29)26-18-8-4-2-6-16(18)10-12-22(26)28/h1-14,21,25H,27-30H2. The maximum Gasteiger partial charge on any atom is 0.0401 e. The van der Waals surface area contributed by atoms with Crippen LogP contribution >= 0.6 is 0 Å². The van der Waals surface area contributed by atoms with Crippen LogP contribution in [0.25, 0.3) is 28.0 Å². The number of benzene rings is 4. The first-order chi connectivity index (χ1) is 14.5. The molecule has 4 nitrogen and oxygen atoms in total. The first kappa shape index (κ1) is 18.3. The Balaban J connectivity index is 1.70. The Kier molecular flexibility index (Phi) is 4.23. The molecule has 0 saturated carbocycles. The normalized spacial score (nSPS) is 17.8. The molecule has 8 N–H and O–H groups in total. The Bertz CT molecular complexity index is 1310. The van der Waals surface area contributed by atoms with Gasteiger partial charge in [0.15, 0.2) is 0 Å². The minimum absolute atomic E-state index is 0.0487. The highest BCUT2D eigenvalue weighted by Crippen LogP contribution is 2.43. The molecule has 0 bridgehead atoms. The summed E-state index contributed by atoms with van der Waals surface area (Å²) < 4.78 is 0. The van der Waals surface area contributed by atoms with Gasteiger partial charge in [0.1, 0.15) is 0 Å². The van der Waals surface area contributed by atoms with E-state index in [1.807, 2.05) is 54.6 Å². The van der Waals surface area contributed by atoms with E-state index in [2.05, 4.69) is 30.3 Å². The van der Waals surface area contributed by atoms with Crippen LogP contribution in [0.15, 0.2) is 78.9 Å². The van der Waals surface area contributed by atoms with Gasteiger partial charge in [-0.1, -0.05) is 66.7 Å². The van der Waals surface area contributed by atoms with Crippen LogP contribution in [0.3, 0.4) is 0 Å². The van der Waals surface area contributed by atoms with Gasteiger partial charge in [-0.05, 0) is 45.7 Å². The average Bonchev–Trinajstić information content (AvgIpc) is 2.76. The summed E-state index contributed by atoms with van der Waals surface area (Å²) in [6.07, 6.45) is 4.10. The van der Waals surface area contributed by atoms with Gasteiger partial charge in [0.05, 0.1) is 0 Å². The van der Waals surface area contributed by atoms with Gasteiger partial charge in [0, 0.05) is 40.1 Å². The van der Waals surface area contributed by atoms with Crippen LogP contribution in [-0.2, 0) is 0 Å². The number of anilines is 3. The smallest absolute Gasteiger partial charge is 0.0401 e. The van der Waals surface area contributed by atoms with E-state index in [0.29, 0.717) is 17.1 Å². The van der Waals surface area contributed by atoms with Crippen molar-refractivity contribution < 1.29 is 0 Å². The molecule has 1 aliphatic rings. The molecular weight excluding hydrogens is 368 g/mol. The zero-order valence-electron chi connectivity index (χ0n) is 16.5. The predicted octanol–water partition coefficient (Wildman–Crippen LogP) is 4.74. The molecule has 4 aromatic carbocycles. The Morgan fingerprint density at radius 1 is 0.667 bits per heavy atom. The SMILES string of the molecule is Nc1cc(C2c3ccccc3C=CC2N)c(N)cc1-c1c(N)ccc2ccccc12. The van der Waals surface area contributed by atoms with E-state index in [9.17, 15) is 0 Å². The first-order valence-electron chi connectivity index (χ1n) is 10.0. The maximum atomic E-state index is 6.60. The fourth-order valence-electron chi connectivity index (χ4n) is 4.58. The molecule has 0 aromatic heterocycles. The molecule has 30 heavy (non-hydrogen) atoms. The average molecular weight is 393 g/mol. The summed E-state index contributed by atoms with van der Waals surface area (Å²) >= 11 is 0. The summed E-state index contributed by atoms with van der Waals surface area (Å²) in [4.78, 5) is 0. The van der Waals surface area contributed by atoms with E-state index >= 15 is 0 Å². The highest BCUT2D eigenvalue weighted by Gasteiger charge is 2.28. The van der Waals surface area contributed by atoms with E-state index in [0.717, 1.165) is 38.6 Å². The molecule has 0 amide bonds. The maximum absolute atomic E-state index is 6.60. The van der Waals surface area contributed by atoms with E-state index < -0.39 is 0 Å². The summed E-state index contributed by atoms with van der Waals surface area (Å²) in [7, 11) is 0. The summed E-state index contributed by atoms with van der Waals surface area (Å²) in [6.45, 7) is 0. The van der Waals surface area contributed by atoms with Crippen LogP contribution in [0.2, 0.25) is 0 Å². The molecule has 0 radical (unpaired) electrons. The van der Waals surface area contributed by atoms with Crippen molar-refractivity contribution >= 4 is 33.9 Å². The van der Waals surface area contributed by atoms with Gasteiger partial charge >= 0.3 is 0 Å². The van der Waals surface area contributed by atoms with Crippen molar-refractivity contribution in [3.8, 4) is 11.1 Å². The van der Waals surface area contributed by atoms with Crippen molar-refractivity contribution in [3.05, 3.63) is 95.6 Å². The number of nitrogens with two attached hydrogens (primary N) is 4. The molecule has 4 aromatic rings. The lowest BCUT2D eigenvalue weighted by atomic mass is 9.78. The van der Waals surface area contributed by atoms with Crippen molar-refractivity contribution in [1.29, 1.82) is 0 Å². The summed E-state index contributed by atoms with van der Waals surface area (Å²) in [5, 5.41) is 2.16. The van der Waals surface area contributed by atoms with Gasteiger partial charge in [0.2, 0.25) is 0 Å². The second-order valence-corrected chi connectivity index (χ2v) is 7.86. The number of nitrogen functional groups attached to an aromatic ring is 3. The highest BCUT2D eigenvalue weighted by atomic mass is 14.7. The van der Waals surface area contributed by atoms with Crippen LogP contribution in [0.1, 0.15) is 22.6 Å². The number of hydrogen-bond acceptors (Lipinski definition) is 4. The van der Waals surface area contributed by atoms with E-state index in [4.69, 9.17) is 22.9 Å². The van der Waals surface area contributed by atoms with Crippen molar-refractivity contribution in [2.24, 2.45) is 5.73 Å². The van der Waals surface area contributed by atoms with E-state index in [1.165, 1.54) is 0 Å². The number of fused-ring (bicyclic) bond motifs is 2. The zero-order valence-corrected chi connectivity index (χ0v) is 16.5. The van der Waals surface area contributed by atoms with Crippen LogP contribution in [0, 0.1) is 0 Å². The Hall–Kier alpha value is -3.76. The largest absolute Gasteiger partial charge is 0.398 e. The Morgan fingerprint density at radius 2 is 1.43 bits per heavy atom. The monoisotopic (exact) mass is 392 g/mol. The van der Waals surface area contributed by atoms with Gasteiger partial charge in [-0.25, -0.2) is 0 Å². The Morgan fingerprint density at radius 3 is 2.30 bits per heavy atom. The zero-order chi connectivity index (χ0) is 20.8. The van der Waals surface area contributed by atoms with Gasteiger partial charge in [0.25, 0.3) is 0 Å². The third kappa shape index (κ3) is 2.81. The lowest BCUT2D eigenvalue weighted by Gasteiger charge is -2.29. The molecule has 2 atom stereocenters. The summed E-state index contributed by atoms with van der Waals surface area (Å²) in [5.41, 5.74) is 33.1. The Labute approximate surface area is 175 Å². The van der Waals surface area contributed by atoms with Gasteiger partial charge in [-0.3, -0.25) is 0 Å². The quantitative estimate of drug-likeness (QED) is 0.370. The van der Waals surface area contributed by atoms with Gasteiger partial charge in [-0.2, -0.15) is 0 Å². The lowest BCUT2D eigenvalue weighted by Crippen LogP contribution is -2.30. The third-order valence-corrected chi connectivity index (χ3v) is 6.03. The summed E-state index contributed by atoms with van der Waals surface area (Å²) in [5.74, 6) is -0.0487. The summed E-state index contributed by atoms with van der Waals surface area (Å²) in [6, 6.07) is 24.1. The van der Waals surface area contributed by atoms with Gasteiger partial charge < -0.3 is 22.9 Å². The topological polar surface area (TPSA) is 104 Å². The fourth-order valence-corrected chi connectivity index (χ4v) is 4.58. The molecule has 4 heteroatoms. The molecule has 0 heterocycles. The van der Waals surface area contributed by atoms with E-state index in [-0.39, 0.29) is 12.0 Å². The highest BCUT2D eigenvalue weighted by molar-refractivity contribution is 6.05. The molecule has 0 spiro atoms. The van der Waals surface area contributed by atoms with Crippen molar-refractivity contribution in [1.82, 2.24) is 0 Å². The van der Waals surface area contributed by atoms with Crippen LogP contribution in [0.4, 0.5) is 17.1 Å². The molecule has 0 aliphatic heterocycles. The van der Waals surface area contributed by atoms with Crippen molar-refractivity contribution in [2.75, 3.05) is 17.2 Å². The molecule has 0 saturated heterocycles. The van der Waals surface area contributed by atoms with Crippen molar-refractivity contribution in [3.63, 3.8) is 0 Å².